The number of nitrogens with one attached hydrogen (secondary N) is 1. The minimum Gasteiger partial charge on any atom is -0.495 e. The van der Waals surface area contributed by atoms with Gasteiger partial charge in [0.2, 0.25) is 0 Å². The number of hydrogen-bond donors (Lipinski definition) is 1. The Morgan fingerprint density at radius 2 is 2.04 bits per heavy atom. The SMILES string of the molecule is COc1cc(-c2ccccc2)sc1C(=O)NCCN1CCOCC1. The van der Waals surface area contributed by atoms with Crippen molar-refractivity contribution < 1.29 is 14.3 Å². The van der Waals surface area contributed by atoms with Gasteiger partial charge in [0.15, 0.2) is 0 Å². The van der Waals surface area contributed by atoms with Crippen LogP contribution in [0.3, 0.4) is 0 Å². The maximum Gasteiger partial charge on any atom is 0.265 e. The van der Waals surface area contributed by atoms with Crippen LogP contribution >= 0.6 is 11.3 Å². The summed E-state index contributed by atoms with van der Waals surface area (Å²) in [6, 6.07) is 12.0. The highest BCUT2D eigenvalue weighted by molar-refractivity contribution is 7.17. The molecule has 24 heavy (non-hydrogen) atoms. The van der Waals surface area contributed by atoms with Gasteiger partial charge in [-0.1, -0.05) is 30.3 Å². The van der Waals surface area contributed by atoms with E-state index in [1.54, 1.807) is 7.11 Å². The van der Waals surface area contributed by atoms with Crippen molar-refractivity contribution in [1.29, 1.82) is 0 Å². The van der Waals surface area contributed by atoms with Gasteiger partial charge >= 0.3 is 0 Å². The molecule has 1 fully saturated rings. The molecule has 1 aliphatic rings. The number of methoxy groups -OCH3 is 1. The lowest BCUT2D eigenvalue weighted by molar-refractivity contribution is 0.0383. The Balaban J connectivity index is 1.62. The van der Waals surface area contributed by atoms with E-state index in [-0.39, 0.29) is 5.91 Å². The quantitative estimate of drug-likeness (QED) is 0.873. The van der Waals surface area contributed by atoms with E-state index in [4.69, 9.17) is 9.47 Å². The molecule has 0 spiro atoms. The minimum absolute atomic E-state index is 0.0766. The average molecular weight is 346 g/mol. The first-order chi connectivity index (χ1) is 11.8. The monoisotopic (exact) mass is 346 g/mol. The lowest BCUT2D eigenvalue weighted by Crippen LogP contribution is -2.41. The number of morpholine rings is 1. The molecular formula is C18H22N2O3S. The molecule has 5 nitrogen and oxygen atoms in total. The number of thiophene rings is 1. The number of carbonyl (C=O) groups is 1. The van der Waals surface area contributed by atoms with Gasteiger partial charge in [-0.05, 0) is 11.6 Å². The van der Waals surface area contributed by atoms with E-state index in [0.29, 0.717) is 17.2 Å². The number of hydrogen-bond acceptors (Lipinski definition) is 5. The second-order valence-corrected chi connectivity index (χ2v) is 6.64. The summed E-state index contributed by atoms with van der Waals surface area (Å²) < 4.78 is 10.7. The van der Waals surface area contributed by atoms with Crippen LogP contribution in [0.5, 0.6) is 5.75 Å². The summed E-state index contributed by atoms with van der Waals surface area (Å²) in [5.41, 5.74) is 1.09. The molecule has 1 aliphatic heterocycles. The lowest BCUT2D eigenvalue weighted by atomic mass is 10.2. The summed E-state index contributed by atoms with van der Waals surface area (Å²) in [4.78, 5) is 16.4. The van der Waals surface area contributed by atoms with Gasteiger partial charge in [-0.15, -0.1) is 11.3 Å². The van der Waals surface area contributed by atoms with Gasteiger partial charge in [0.25, 0.3) is 5.91 Å². The van der Waals surface area contributed by atoms with Crippen LogP contribution < -0.4 is 10.1 Å². The van der Waals surface area contributed by atoms with Crippen molar-refractivity contribution in [2.45, 2.75) is 0 Å². The molecule has 0 atom stereocenters. The topological polar surface area (TPSA) is 50.8 Å². The molecular weight excluding hydrogens is 324 g/mol. The highest BCUT2D eigenvalue weighted by Crippen LogP contribution is 2.36. The Hall–Kier alpha value is -1.89. The average Bonchev–Trinajstić information content (AvgIpc) is 3.08. The van der Waals surface area contributed by atoms with E-state index in [0.717, 1.165) is 43.3 Å². The number of nitrogens with zero attached hydrogens (tertiary/aromatic N) is 1. The lowest BCUT2D eigenvalue weighted by Gasteiger charge is -2.26. The third-order valence-corrected chi connectivity index (χ3v) is 5.16. The molecule has 0 radical (unpaired) electrons. The standard InChI is InChI=1S/C18H22N2O3S/c1-22-15-13-16(14-5-3-2-4-6-14)24-17(15)18(21)19-7-8-20-9-11-23-12-10-20/h2-6,13H,7-12H2,1H3,(H,19,21). The van der Waals surface area contributed by atoms with E-state index >= 15 is 0 Å². The molecule has 1 N–H and O–H groups in total. The Kier molecular flexibility index (Phi) is 5.85. The molecule has 2 aromatic rings. The predicted octanol–water partition coefficient (Wildman–Crippen LogP) is 2.49. The number of rotatable bonds is 6. The Bertz CT molecular complexity index is 666. The van der Waals surface area contributed by atoms with Crippen LogP contribution in [0.2, 0.25) is 0 Å². The van der Waals surface area contributed by atoms with Gasteiger partial charge in [0.05, 0.1) is 20.3 Å². The third kappa shape index (κ3) is 4.14. The molecule has 1 aromatic carbocycles. The molecule has 2 heterocycles. The molecule has 0 saturated carbocycles. The number of carbonyl (C=O) groups excluding carboxylic acids is 1. The molecule has 0 bridgehead atoms. The van der Waals surface area contributed by atoms with Crippen LogP contribution in [-0.2, 0) is 4.74 Å². The van der Waals surface area contributed by atoms with E-state index in [2.05, 4.69) is 10.2 Å². The summed E-state index contributed by atoms with van der Waals surface area (Å²) in [6.45, 7) is 4.86. The summed E-state index contributed by atoms with van der Waals surface area (Å²) >= 11 is 1.46. The molecule has 128 valence electrons. The Labute approximate surface area is 146 Å². The number of ether oxygens (including phenoxy) is 2. The molecule has 1 saturated heterocycles. The van der Waals surface area contributed by atoms with E-state index in [1.165, 1.54) is 11.3 Å². The second kappa shape index (κ2) is 8.28. The molecule has 1 aromatic heterocycles. The van der Waals surface area contributed by atoms with Gasteiger partial charge in [-0.3, -0.25) is 9.69 Å². The highest BCUT2D eigenvalue weighted by atomic mass is 32.1. The van der Waals surface area contributed by atoms with Crippen molar-refractivity contribution in [2.24, 2.45) is 0 Å². The van der Waals surface area contributed by atoms with Gasteiger partial charge in [-0.2, -0.15) is 0 Å². The summed E-state index contributed by atoms with van der Waals surface area (Å²) in [5.74, 6) is 0.551. The van der Waals surface area contributed by atoms with Gasteiger partial charge in [-0.25, -0.2) is 0 Å². The van der Waals surface area contributed by atoms with Gasteiger partial charge in [0, 0.05) is 31.1 Å². The predicted molar refractivity (Wildman–Crippen MR) is 95.9 cm³/mol. The molecule has 3 rings (SSSR count). The molecule has 0 aliphatic carbocycles. The minimum atomic E-state index is -0.0766. The van der Waals surface area contributed by atoms with Crippen molar-refractivity contribution in [3.8, 4) is 16.2 Å². The van der Waals surface area contributed by atoms with Crippen molar-refractivity contribution in [3.05, 3.63) is 41.3 Å². The zero-order chi connectivity index (χ0) is 16.8. The van der Waals surface area contributed by atoms with Crippen molar-refractivity contribution in [2.75, 3.05) is 46.5 Å². The van der Waals surface area contributed by atoms with Crippen LogP contribution in [0.15, 0.2) is 36.4 Å². The normalized spacial score (nSPS) is 15.2. The number of benzene rings is 1. The van der Waals surface area contributed by atoms with Crippen molar-refractivity contribution in [1.82, 2.24) is 10.2 Å². The Morgan fingerprint density at radius 1 is 1.29 bits per heavy atom. The van der Waals surface area contributed by atoms with E-state index < -0.39 is 0 Å². The molecule has 0 unspecified atom stereocenters. The fourth-order valence-corrected chi connectivity index (χ4v) is 3.71. The smallest absolute Gasteiger partial charge is 0.265 e. The van der Waals surface area contributed by atoms with Crippen LogP contribution in [0.4, 0.5) is 0 Å². The van der Waals surface area contributed by atoms with Crippen LogP contribution in [0, 0.1) is 0 Å². The Morgan fingerprint density at radius 3 is 2.75 bits per heavy atom. The first-order valence-electron chi connectivity index (χ1n) is 8.09. The zero-order valence-corrected chi connectivity index (χ0v) is 14.6. The summed E-state index contributed by atoms with van der Waals surface area (Å²) in [5, 5.41) is 2.99. The highest BCUT2D eigenvalue weighted by Gasteiger charge is 2.18. The third-order valence-electron chi connectivity index (χ3n) is 4.00. The number of amides is 1. The molecule has 6 heteroatoms. The maximum absolute atomic E-state index is 12.5. The summed E-state index contributed by atoms with van der Waals surface area (Å²) in [6.07, 6.45) is 0. The zero-order valence-electron chi connectivity index (χ0n) is 13.8. The first-order valence-corrected chi connectivity index (χ1v) is 8.91. The van der Waals surface area contributed by atoms with Crippen LogP contribution in [0.25, 0.3) is 10.4 Å². The van der Waals surface area contributed by atoms with Crippen molar-refractivity contribution in [3.63, 3.8) is 0 Å². The van der Waals surface area contributed by atoms with Gasteiger partial charge < -0.3 is 14.8 Å². The van der Waals surface area contributed by atoms with E-state index in [9.17, 15) is 4.79 Å². The fraction of sp³-hybridized carbons (Fsp3) is 0.389. The fourth-order valence-electron chi connectivity index (χ4n) is 2.66. The van der Waals surface area contributed by atoms with Crippen molar-refractivity contribution >= 4 is 17.2 Å². The largest absolute Gasteiger partial charge is 0.495 e. The van der Waals surface area contributed by atoms with E-state index in [1.807, 2.05) is 36.4 Å². The second-order valence-electron chi connectivity index (χ2n) is 5.58. The first kappa shape index (κ1) is 17.0. The maximum atomic E-state index is 12.5. The van der Waals surface area contributed by atoms with Crippen LogP contribution in [-0.4, -0.2) is 57.3 Å². The van der Waals surface area contributed by atoms with Crippen LogP contribution in [0.1, 0.15) is 9.67 Å². The molecule has 1 amide bonds. The summed E-state index contributed by atoms with van der Waals surface area (Å²) in [7, 11) is 1.60. The van der Waals surface area contributed by atoms with Gasteiger partial charge in [0.1, 0.15) is 10.6 Å².